The number of nitrogens with zero attached hydrogens (tertiary/aromatic N) is 3. The van der Waals surface area contributed by atoms with Crippen LogP contribution in [0.25, 0.3) is 0 Å². The van der Waals surface area contributed by atoms with Gasteiger partial charge in [-0.1, -0.05) is 42.6 Å². The van der Waals surface area contributed by atoms with Crippen LogP contribution in [0, 0.1) is 0 Å². The van der Waals surface area contributed by atoms with E-state index in [4.69, 9.17) is 16.6 Å². The summed E-state index contributed by atoms with van der Waals surface area (Å²) in [6.45, 7) is 1.55. The third-order valence-electron chi connectivity index (χ3n) is 6.24. The summed E-state index contributed by atoms with van der Waals surface area (Å²) in [4.78, 5) is 36.0. The molecule has 2 aromatic rings. The van der Waals surface area contributed by atoms with Crippen LogP contribution < -0.4 is 4.90 Å². The van der Waals surface area contributed by atoms with Gasteiger partial charge in [0.2, 0.25) is 0 Å². The van der Waals surface area contributed by atoms with E-state index in [9.17, 15) is 9.59 Å². The van der Waals surface area contributed by atoms with Crippen molar-refractivity contribution < 1.29 is 9.59 Å². The lowest BCUT2D eigenvalue weighted by Gasteiger charge is -2.30. The molecule has 0 unspecified atom stereocenters. The largest absolute Gasteiger partial charge is 0.337 e. The van der Waals surface area contributed by atoms with E-state index in [1.165, 1.54) is 18.2 Å². The van der Waals surface area contributed by atoms with Gasteiger partial charge in [0.05, 0.1) is 16.4 Å². The Balaban J connectivity index is 1.53. The van der Waals surface area contributed by atoms with Gasteiger partial charge in [0, 0.05) is 28.6 Å². The van der Waals surface area contributed by atoms with Gasteiger partial charge in [-0.15, -0.1) is 0 Å². The van der Waals surface area contributed by atoms with Crippen molar-refractivity contribution in [3.8, 4) is 0 Å². The number of halogens is 1. The number of carbonyl (C=O) groups is 2. The normalized spacial score (nSPS) is 22.4. The highest BCUT2D eigenvalue weighted by atomic mass is 35.5. The number of hydrogen-bond donors (Lipinski definition) is 0. The molecule has 2 fully saturated rings. The van der Waals surface area contributed by atoms with E-state index in [1.54, 1.807) is 30.8 Å². The van der Waals surface area contributed by atoms with Crippen LogP contribution in [-0.4, -0.2) is 34.8 Å². The number of amides is 1. The molecule has 0 N–H and O–H groups in total. The zero-order chi connectivity index (χ0) is 23.1. The van der Waals surface area contributed by atoms with Crippen molar-refractivity contribution in [2.75, 3.05) is 11.9 Å². The number of aliphatic imine (C=N–C) groups is 1. The first-order valence-electron chi connectivity index (χ1n) is 11.1. The number of Topliss-reactive ketones (excluding diaryl/α,β-unsaturated/α-hetero) is 1. The number of anilines is 1. The molecule has 1 saturated heterocycles. The van der Waals surface area contributed by atoms with Crippen molar-refractivity contribution in [3.63, 3.8) is 0 Å². The lowest BCUT2D eigenvalue weighted by atomic mass is 9.94. The van der Waals surface area contributed by atoms with Gasteiger partial charge in [-0.2, -0.15) is 0 Å². The number of amidine groups is 1. The molecule has 0 atom stereocenters. The summed E-state index contributed by atoms with van der Waals surface area (Å²) in [7, 11) is 1.98. The van der Waals surface area contributed by atoms with E-state index < -0.39 is 0 Å². The highest BCUT2D eigenvalue weighted by Gasteiger charge is 2.42. The second-order valence-electron chi connectivity index (χ2n) is 8.47. The Morgan fingerprint density at radius 3 is 2.48 bits per heavy atom. The Morgan fingerprint density at radius 2 is 1.79 bits per heavy atom. The first-order chi connectivity index (χ1) is 15.9. The fourth-order valence-corrected chi connectivity index (χ4v) is 7.00. The van der Waals surface area contributed by atoms with Crippen LogP contribution in [0.5, 0.6) is 0 Å². The maximum Gasteiger partial charge on any atom is 0.269 e. The predicted molar refractivity (Wildman–Crippen MR) is 138 cm³/mol. The van der Waals surface area contributed by atoms with Crippen LogP contribution in [0.15, 0.2) is 62.3 Å². The number of carbonyl (C=O) groups excluding carboxylic acids is 2. The highest BCUT2D eigenvalue weighted by Crippen LogP contribution is 2.51. The third-order valence-corrected chi connectivity index (χ3v) is 8.88. The van der Waals surface area contributed by atoms with Gasteiger partial charge >= 0.3 is 0 Å². The van der Waals surface area contributed by atoms with Gasteiger partial charge in [-0.05, 0) is 74.0 Å². The minimum Gasteiger partial charge on any atom is -0.337 e. The van der Waals surface area contributed by atoms with Crippen LogP contribution >= 0.6 is 35.1 Å². The molecule has 5 rings (SSSR count). The van der Waals surface area contributed by atoms with Crippen molar-refractivity contribution in [3.05, 3.63) is 63.0 Å². The Hall–Kier alpha value is -2.22. The smallest absolute Gasteiger partial charge is 0.269 e. The van der Waals surface area contributed by atoms with Crippen LogP contribution in [-0.2, 0) is 4.79 Å². The van der Waals surface area contributed by atoms with Crippen molar-refractivity contribution in [1.29, 1.82) is 0 Å². The van der Waals surface area contributed by atoms with E-state index in [-0.39, 0.29) is 17.7 Å². The number of ketones is 1. The summed E-state index contributed by atoms with van der Waals surface area (Å²) in [6, 6.07) is 13.2. The molecule has 5 nitrogen and oxygen atoms in total. The van der Waals surface area contributed by atoms with Gasteiger partial charge in [0.1, 0.15) is 4.91 Å². The summed E-state index contributed by atoms with van der Waals surface area (Å²) in [5, 5.41) is 2.31. The molecule has 170 valence electrons. The quantitative estimate of drug-likeness (QED) is 0.343. The molecule has 0 spiro atoms. The van der Waals surface area contributed by atoms with Crippen LogP contribution in [0.2, 0.25) is 5.02 Å². The van der Waals surface area contributed by atoms with Crippen molar-refractivity contribution in [1.82, 2.24) is 4.90 Å². The average molecular weight is 498 g/mol. The minimum absolute atomic E-state index is 0.0245. The molecule has 2 heterocycles. The molecule has 0 aromatic heterocycles. The molecule has 1 aliphatic carbocycles. The number of benzene rings is 2. The fraction of sp³-hybridized carbons (Fsp3) is 0.320. The van der Waals surface area contributed by atoms with Crippen LogP contribution in [0.1, 0.15) is 49.4 Å². The van der Waals surface area contributed by atoms with Crippen molar-refractivity contribution in [2.24, 2.45) is 4.99 Å². The summed E-state index contributed by atoms with van der Waals surface area (Å²) >= 11 is 9.27. The molecular formula is C25H24ClN3O2S2. The minimum atomic E-state index is 0.0245. The fourth-order valence-electron chi connectivity index (χ4n) is 4.45. The summed E-state index contributed by atoms with van der Waals surface area (Å²) in [5.41, 5.74) is 2.41. The zero-order valence-electron chi connectivity index (χ0n) is 18.5. The van der Waals surface area contributed by atoms with Gasteiger partial charge in [-0.3, -0.25) is 14.5 Å². The molecule has 1 saturated carbocycles. The maximum absolute atomic E-state index is 13.8. The SMILES string of the molecule is CC(=O)c1ccc(N=C2SC(=C3Sc4ccc(Cl)cc4N3C)C(=O)N2C2CCCCC2)cc1. The number of hydrogen-bond acceptors (Lipinski definition) is 6. The Morgan fingerprint density at radius 1 is 1.06 bits per heavy atom. The Labute approximate surface area is 207 Å². The first-order valence-corrected chi connectivity index (χ1v) is 13.1. The van der Waals surface area contributed by atoms with Gasteiger partial charge < -0.3 is 4.90 Å². The highest BCUT2D eigenvalue weighted by molar-refractivity contribution is 8.19. The number of fused-ring (bicyclic) bond motifs is 1. The predicted octanol–water partition coefficient (Wildman–Crippen LogP) is 6.85. The van der Waals surface area contributed by atoms with E-state index in [0.717, 1.165) is 47.0 Å². The Bertz CT molecular complexity index is 1190. The standard InChI is InChI=1S/C25H24ClN3O2S2/c1-15(30)16-8-11-18(12-9-16)27-25-29(19-6-4-3-5-7-19)23(31)22(33-25)24-28(2)20-14-17(26)10-13-21(20)32-24/h8-14,19H,3-7H2,1-2H3. The summed E-state index contributed by atoms with van der Waals surface area (Å²) in [5.74, 6) is 0.0516. The molecule has 0 radical (unpaired) electrons. The molecule has 0 bridgehead atoms. The van der Waals surface area contributed by atoms with Crippen LogP contribution in [0.4, 0.5) is 11.4 Å². The van der Waals surface area contributed by atoms with Gasteiger partial charge in [0.15, 0.2) is 11.0 Å². The molecular weight excluding hydrogens is 474 g/mol. The maximum atomic E-state index is 13.8. The molecule has 1 amide bonds. The van der Waals surface area contributed by atoms with E-state index in [2.05, 4.69) is 4.90 Å². The van der Waals surface area contributed by atoms with Crippen molar-refractivity contribution in [2.45, 2.75) is 50.0 Å². The van der Waals surface area contributed by atoms with E-state index in [0.29, 0.717) is 20.7 Å². The third kappa shape index (κ3) is 4.34. The molecule has 8 heteroatoms. The zero-order valence-corrected chi connectivity index (χ0v) is 20.9. The second-order valence-corrected chi connectivity index (χ2v) is 10.9. The molecule has 2 aromatic carbocycles. The molecule has 3 aliphatic rings. The average Bonchev–Trinajstić information content (AvgIpc) is 3.30. The molecule has 2 aliphatic heterocycles. The lowest BCUT2D eigenvalue weighted by molar-refractivity contribution is -0.124. The van der Waals surface area contributed by atoms with Gasteiger partial charge in [-0.25, -0.2) is 4.99 Å². The second kappa shape index (κ2) is 9.20. The van der Waals surface area contributed by atoms with Crippen molar-refractivity contribution >= 4 is 63.4 Å². The van der Waals surface area contributed by atoms with E-state index in [1.807, 2.05) is 42.3 Å². The first kappa shape index (κ1) is 22.6. The Kier molecular flexibility index (Phi) is 6.29. The number of thioether (sulfide) groups is 2. The number of rotatable bonds is 3. The van der Waals surface area contributed by atoms with Crippen LogP contribution in [0.3, 0.4) is 0 Å². The van der Waals surface area contributed by atoms with Gasteiger partial charge in [0.25, 0.3) is 5.91 Å². The molecule has 33 heavy (non-hydrogen) atoms. The topological polar surface area (TPSA) is 53.0 Å². The summed E-state index contributed by atoms with van der Waals surface area (Å²) < 4.78 is 0. The summed E-state index contributed by atoms with van der Waals surface area (Å²) in [6.07, 6.45) is 5.47. The monoisotopic (exact) mass is 497 g/mol. The van der Waals surface area contributed by atoms with E-state index >= 15 is 0 Å². The lowest BCUT2D eigenvalue weighted by Crippen LogP contribution is -2.40.